The first kappa shape index (κ1) is 12.6. The molecule has 0 aliphatic rings. The second-order valence-corrected chi connectivity index (χ2v) is 4.98. The minimum atomic E-state index is 0.135. The Balaban J connectivity index is 2.46. The lowest BCUT2D eigenvalue weighted by Gasteiger charge is -2.01. The highest BCUT2D eigenvalue weighted by molar-refractivity contribution is 9.10. The first-order valence-corrected chi connectivity index (χ1v) is 6.54. The molecule has 4 heteroatoms. The Morgan fingerprint density at radius 3 is 2.71 bits per heavy atom. The number of aryl methyl sites for hydroxylation is 1. The molecule has 0 aliphatic carbocycles. The van der Waals surface area contributed by atoms with Gasteiger partial charge in [-0.25, -0.2) is 0 Å². The molecule has 0 spiro atoms. The fraction of sp³-hybridized carbons (Fsp3) is 0.385. The van der Waals surface area contributed by atoms with Crippen LogP contribution in [0.5, 0.6) is 0 Å². The summed E-state index contributed by atoms with van der Waals surface area (Å²) < 4.78 is 3.10. The van der Waals surface area contributed by atoms with Gasteiger partial charge in [0.15, 0.2) is 0 Å². The molecule has 2 N–H and O–H groups in total. The maximum atomic E-state index is 9.06. The summed E-state index contributed by atoms with van der Waals surface area (Å²) in [5, 5.41) is 19.2. The van der Waals surface area contributed by atoms with Gasteiger partial charge in [0, 0.05) is 34.7 Å². The van der Waals surface area contributed by atoms with Gasteiger partial charge in [0.05, 0.1) is 6.61 Å². The standard InChI is InChI=1S/C13H16BrNO2/c14-11-3-4-12-10(2-1-6-16)9-15(5-7-17)13(12)8-11/h3-4,8-9,16-17H,1-2,5-7H2. The molecule has 0 atom stereocenters. The van der Waals surface area contributed by atoms with Gasteiger partial charge in [-0.15, -0.1) is 0 Å². The van der Waals surface area contributed by atoms with Crippen LogP contribution in [0.4, 0.5) is 0 Å². The number of aliphatic hydroxyl groups is 2. The van der Waals surface area contributed by atoms with Crippen molar-refractivity contribution >= 4 is 26.8 Å². The average molecular weight is 298 g/mol. The number of rotatable bonds is 5. The molecule has 1 aromatic carbocycles. The van der Waals surface area contributed by atoms with Crippen molar-refractivity contribution in [1.29, 1.82) is 0 Å². The van der Waals surface area contributed by atoms with E-state index in [0.29, 0.717) is 6.54 Å². The van der Waals surface area contributed by atoms with E-state index in [1.54, 1.807) is 0 Å². The van der Waals surface area contributed by atoms with Gasteiger partial charge >= 0.3 is 0 Å². The van der Waals surface area contributed by atoms with Crippen LogP contribution in [-0.4, -0.2) is 28.0 Å². The summed E-state index contributed by atoms with van der Waals surface area (Å²) in [6, 6.07) is 6.17. The molecule has 2 aromatic rings. The van der Waals surface area contributed by atoms with E-state index in [4.69, 9.17) is 10.2 Å². The molecule has 0 bridgehead atoms. The molecule has 2 rings (SSSR count). The maximum Gasteiger partial charge on any atom is 0.0610 e. The lowest BCUT2D eigenvalue weighted by molar-refractivity contribution is 0.277. The molecule has 0 saturated carbocycles. The largest absolute Gasteiger partial charge is 0.396 e. The van der Waals surface area contributed by atoms with Crippen LogP contribution in [0.1, 0.15) is 12.0 Å². The number of hydrogen-bond donors (Lipinski definition) is 2. The topological polar surface area (TPSA) is 45.4 Å². The molecule has 0 fully saturated rings. The van der Waals surface area contributed by atoms with Gasteiger partial charge in [0.1, 0.15) is 0 Å². The Bertz CT molecular complexity index is 507. The highest BCUT2D eigenvalue weighted by Crippen LogP contribution is 2.25. The van der Waals surface area contributed by atoms with Gasteiger partial charge in [0.25, 0.3) is 0 Å². The van der Waals surface area contributed by atoms with Crippen LogP contribution in [0.25, 0.3) is 10.9 Å². The van der Waals surface area contributed by atoms with Gasteiger partial charge < -0.3 is 14.8 Å². The predicted octanol–water partition coefficient (Wildman–Crippen LogP) is 2.32. The molecule has 0 radical (unpaired) electrons. The molecule has 92 valence electrons. The molecule has 17 heavy (non-hydrogen) atoms. The van der Waals surface area contributed by atoms with Crippen LogP contribution in [0, 0.1) is 0 Å². The number of aromatic nitrogens is 1. The van der Waals surface area contributed by atoms with E-state index < -0.39 is 0 Å². The van der Waals surface area contributed by atoms with E-state index in [9.17, 15) is 0 Å². The van der Waals surface area contributed by atoms with Gasteiger partial charge in [0.2, 0.25) is 0 Å². The van der Waals surface area contributed by atoms with E-state index in [-0.39, 0.29) is 13.2 Å². The smallest absolute Gasteiger partial charge is 0.0610 e. The predicted molar refractivity (Wildman–Crippen MR) is 72.1 cm³/mol. The Hall–Kier alpha value is -0.840. The van der Waals surface area contributed by atoms with E-state index in [1.807, 2.05) is 6.07 Å². The summed E-state index contributed by atoms with van der Waals surface area (Å²) in [6.07, 6.45) is 3.71. The van der Waals surface area contributed by atoms with Crippen molar-refractivity contribution < 1.29 is 10.2 Å². The molecule has 0 saturated heterocycles. The van der Waals surface area contributed by atoms with Crippen LogP contribution in [0.2, 0.25) is 0 Å². The summed E-state index contributed by atoms with van der Waals surface area (Å²) in [7, 11) is 0. The van der Waals surface area contributed by atoms with E-state index >= 15 is 0 Å². The number of nitrogens with zero attached hydrogens (tertiary/aromatic N) is 1. The molecule has 0 amide bonds. The SMILES string of the molecule is OCCCc1cn(CCO)c2cc(Br)ccc12. The summed E-state index contributed by atoms with van der Waals surface area (Å²) in [4.78, 5) is 0. The van der Waals surface area contributed by atoms with Crippen LogP contribution in [0.15, 0.2) is 28.9 Å². The van der Waals surface area contributed by atoms with Crippen molar-refractivity contribution in [1.82, 2.24) is 4.57 Å². The number of fused-ring (bicyclic) bond motifs is 1. The Labute approximate surface area is 109 Å². The molecular weight excluding hydrogens is 282 g/mol. The highest BCUT2D eigenvalue weighted by Gasteiger charge is 2.08. The lowest BCUT2D eigenvalue weighted by Crippen LogP contribution is -1.99. The van der Waals surface area contributed by atoms with Crippen molar-refractivity contribution in [2.24, 2.45) is 0 Å². The third kappa shape index (κ3) is 2.70. The second-order valence-electron chi connectivity index (χ2n) is 4.06. The fourth-order valence-corrected chi connectivity index (χ4v) is 2.45. The third-order valence-electron chi connectivity index (χ3n) is 2.87. The summed E-state index contributed by atoms with van der Waals surface area (Å²) in [5.74, 6) is 0. The summed E-state index contributed by atoms with van der Waals surface area (Å²) in [5.41, 5.74) is 2.36. The first-order chi connectivity index (χ1) is 8.26. The highest BCUT2D eigenvalue weighted by atomic mass is 79.9. The summed E-state index contributed by atoms with van der Waals surface area (Å²) >= 11 is 3.46. The Kier molecular flexibility index (Phi) is 4.20. The lowest BCUT2D eigenvalue weighted by atomic mass is 10.1. The van der Waals surface area contributed by atoms with Crippen molar-refractivity contribution in [3.8, 4) is 0 Å². The quantitative estimate of drug-likeness (QED) is 0.890. The Morgan fingerprint density at radius 1 is 1.18 bits per heavy atom. The second kappa shape index (κ2) is 5.67. The van der Waals surface area contributed by atoms with Crippen LogP contribution >= 0.6 is 15.9 Å². The van der Waals surface area contributed by atoms with E-state index in [2.05, 4.69) is 38.8 Å². The molecule has 1 heterocycles. The minimum Gasteiger partial charge on any atom is -0.396 e. The maximum absolute atomic E-state index is 9.06. The average Bonchev–Trinajstić information content (AvgIpc) is 2.65. The number of aliphatic hydroxyl groups excluding tert-OH is 2. The zero-order chi connectivity index (χ0) is 12.3. The number of hydrogen-bond acceptors (Lipinski definition) is 2. The monoisotopic (exact) mass is 297 g/mol. The minimum absolute atomic E-state index is 0.135. The van der Waals surface area contributed by atoms with Crippen molar-refractivity contribution in [3.63, 3.8) is 0 Å². The van der Waals surface area contributed by atoms with Crippen molar-refractivity contribution in [3.05, 3.63) is 34.4 Å². The van der Waals surface area contributed by atoms with Crippen LogP contribution in [0.3, 0.4) is 0 Å². The third-order valence-corrected chi connectivity index (χ3v) is 3.37. The van der Waals surface area contributed by atoms with E-state index in [1.165, 1.54) is 10.9 Å². The van der Waals surface area contributed by atoms with Crippen molar-refractivity contribution in [2.75, 3.05) is 13.2 Å². The molecular formula is C13H16BrNO2. The van der Waals surface area contributed by atoms with E-state index in [0.717, 1.165) is 22.8 Å². The summed E-state index contributed by atoms with van der Waals surface area (Å²) in [6.45, 7) is 0.949. The molecule has 0 unspecified atom stereocenters. The Morgan fingerprint density at radius 2 is 2.00 bits per heavy atom. The van der Waals surface area contributed by atoms with Crippen LogP contribution in [-0.2, 0) is 13.0 Å². The van der Waals surface area contributed by atoms with Gasteiger partial charge in [-0.3, -0.25) is 0 Å². The van der Waals surface area contributed by atoms with Crippen LogP contribution < -0.4 is 0 Å². The van der Waals surface area contributed by atoms with Gasteiger partial charge in [-0.05, 0) is 30.5 Å². The number of benzene rings is 1. The van der Waals surface area contributed by atoms with Gasteiger partial charge in [-0.2, -0.15) is 0 Å². The fourth-order valence-electron chi connectivity index (χ4n) is 2.10. The zero-order valence-corrected chi connectivity index (χ0v) is 11.2. The van der Waals surface area contributed by atoms with Gasteiger partial charge in [-0.1, -0.05) is 22.0 Å². The molecule has 1 aromatic heterocycles. The normalized spacial score (nSPS) is 11.2. The molecule has 0 aliphatic heterocycles. The zero-order valence-electron chi connectivity index (χ0n) is 9.56. The molecule has 3 nitrogen and oxygen atoms in total. The first-order valence-electron chi connectivity index (χ1n) is 5.75. The number of halogens is 1. The van der Waals surface area contributed by atoms with Crippen molar-refractivity contribution in [2.45, 2.75) is 19.4 Å².